The molecule has 2 aliphatic rings. The van der Waals surface area contributed by atoms with E-state index in [1.54, 1.807) is 6.07 Å². The summed E-state index contributed by atoms with van der Waals surface area (Å²) in [6, 6.07) is 0.891. The first kappa shape index (κ1) is 17.9. The van der Waals surface area contributed by atoms with Crippen molar-refractivity contribution in [2.45, 2.75) is 57.1 Å². The number of fused-ring (bicyclic) bond motifs is 1. The van der Waals surface area contributed by atoms with Gasteiger partial charge in [0.2, 0.25) is 0 Å². The van der Waals surface area contributed by atoms with E-state index in [2.05, 4.69) is 10.1 Å². The number of nitrogens with zero attached hydrogens (tertiary/aromatic N) is 3. The number of aliphatic carboxylic acids is 1. The van der Waals surface area contributed by atoms with Crippen LogP contribution in [0.25, 0.3) is 11.1 Å². The van der Waals surface area contributed by atoms with E-state index in [0.717, 1.165) is 18.5 Å². The summed E-state index contributed by atoms with van der Waals surface area (Å²) in [5.41, 5.74) is 2.25. The van der Waals surface area contributed by atoms with Gasteiger partial charge in [0.1, 0.15) is 6.04 Å². The largest absolute Gasteiger partial charge is 0.480 e. The van der Waals surface area contributed by atoms with E-state index >= 15 is 0 Å². The van der Waals surface area contributed by atoms with Crippen LogP contribution in [-0.2, 0) is 9.53 Å². The Labute approximate surface area is 156 Å². The van der Waals surface area contributed by atoms with Gasteiger partial charge in [0.15, 0.2) is 0 Å². The van der Waals surface area contributed by atoms with Crippen LogP contribution in [-0.4, -0.2) is 57.8 Å². The van der Waals surface area contributed by atoms with E-state index in [1.807, 2.05) is 13.8 Å². The van der Waals surface area contributed by atoms with Gasteiger partial charge in [-0.25, -0.2) is 9.78 Å². The number of carboxylic acids is 1. The number of likely N-dealkylation sites (tertiary alicyclic amines) is 1. The lowest BCUT2D eigenvalue weighted by Crippen LogP contribution is -2.40. The highest BCUT2D eigenvalue weighted by molar-refractivity contribution is 6.07. The summed E-state index contributed by atoms with van der Waals surface area (Å²) >= 11 is 0. The molecule has 2 unspecified atom stereocenters. The number of ether oxygens (including phenoxy) is 1. The van der Waals surface area contributed by atoms with Crippen LogP contribution in [0.3, 0.4) is 0 Å². The van der Waals surface area contributed by atoms with Crippen molar-refractivity contribution in [1.82, 2.24) is 15.0 Å². The molecule has 3 heterocycles. The average Bonchev–Trinajstić information content (AvgIpc) is 3.25. The minimum atomic E-state index is -1.02. The molecule has 1 saturated carbocycles. The summed E-state index contributed by atoms with van der Waals surface area (Å²) in [6.07, 6.45) is 2.05. The van der Waals surface area contributed by atoms with Crippen molar-refractivity contribution in [3.63, 3.8) is 0 Å². The molecule has 8 nitrogen and oxygen atoms in total. The van der Waals surface area contributed by atoms with E-state index in [-0.39, 0.29) is 30.9 Å². The van der Waals surface area contributed by atoms with Crippen molar-refractivity contribution in [1.29, 1.82) is 0 Å². The average molecular weight is 373 g/mol. The lowest BCUT2D eigenvalue weighted by Gasteiger charge is -2.22. The van der Waals surface area contributed by atoms with Crippen LogP contribution in [0.1, 0.15) is 66.7 Å². The number of hydrogen-bond acceptors (Lipinski definition) is 6. The van der Waals surface area contributed by atoms with E-state index in [0.29, 0.717) is 28.3 Å². The van der Waals surface area contributed by atoms with Crippen LogP contribution in [0, 0.1) is 0 Å². The fraction of sp³-hybridized carbons (Fsp3) is 0.579. The van der Waals surface area contributed by atoms with Gasteiger partial charge in [-0.2, -0.15) is 0 Å². The third kappa shape index (κ3) is 3.07. The molecule has 2 aromatic heterocycles. The number of rotatable bonds is 5. The maximum absolute atomic E-state index is 13.4. The summed E-state index contributed by atoms with van der Waals surface area (Å²) in [4.78, 5) is 31.0. The maximum Gasteiger partial charge on any atom is 0.326 e. The lowest BCUT2D eigenvalue weighted by atomic mass is 10.0. The summed E-state index contributed by atoms with van der Waals surface area (Å²) in [6.45, 7) is 4.19. The SMILES string of the molecule is COC1CC(C(=O)O)N(C(=O)c2cc(C3CC3)nc3onc(C(C)C)c23)C1. The Morgan fingerprint density at radius 3 is 2.70 bits per heavy atom. The van der Waals surface area contributed by atoms with Crippen LogP contribution >= 0.6 is 0 Å². The molecule has 2 aromatic rings. The molecular formula is C19H23N3O5. The van der Waals surface area contributed by atoms with Gasteiger partial charge in [0.05, 0.1) is 22.7 Å². The first-order valence-electron chi connectivity index (χ1n) is 9.27. The zero-order valence-electron chi connectivity index (χ0n) is 15.6. The van der Waals surface area contributed by atoms with Crippen LogP contribution in [0.4, 0.5) is 0 Å². The van der Waals surface area contributed by atoms with Crippen molar-refractivity contribution in [3.05, 3.63) is 23.0 Å². The quantitative estimate of drug-likeness (QED) is 0.858. The molecule has 1 amide bonds. The van der Waals surface area contributed by atoms with Crippen molar-refractivity contribution < 1.29 is 24.0 Å². The third-order valence-corrected chi connectivity index (χ3v) is 5.41. The molecule has 1 aliphatic carbocycles. The summed E-state index contributed by atoms with van der Waals surface area (Å²) in [5.74, 6) is -0.979. The molecule has 1 saturated heterocycles. The van der Waals surface area contributed by atoms with Crippen LogP contribution < -0.4 is 0 Å². The molecular weight excluding hydrogens is 350 g/mol. The first-order chi connectivity index (χ1) is 12.9. The Morgan fingerprint density at radius 1 is 1.37 bits per heavy atom. The van der Waals surface area contributed by atoms with E-state index < -0.39 is 12.0 Å². The Balaban J connectivity index is 1.82. The molecule has 1 N–H and O–H groups in total. The van der Waals surface area contributed by atoms with E-state index in [1.165, 1.54) is 12.0 Å². The zero-order chi connectivity index (χ0) is 19.3. The van der Waals surface area contributed by atoms with Gasteiger partial charge in [-0.05, 0) is 24.8 Å². The normalized spacial score (nSPS) is 22.7. The summed E-state index contributed by atoms with van der Waals surface area (Å²) in [5, 5.41) is 14.3. The number of pyridine rings is 1. The highest BCUT2D eigenvalue weighted by Crippen LogP contribution is 2.41. The predicted octanol–water partition coefficient (Wildman–Crippen LogP) is 2.54. The fourth-order valence-electron chi connectivity index (χ4n) is 3.72. The molecule has 2 atom stereocenters. The maximum atomic E-state index is 13.4. The summed E-state index contributed by atoms with van der Waals surface area (Å²) in [7, 11) is 1.53. The lowest BCUT2D eigenvalue weighted by molar-refractivity contribution is -0.141. The summed E-state index contributed by atoms with van der Waals surface area (Å²) < 4.78 is 10.7. The standard InChI is InChI=1S/C19H23N3O5/c1-9(2)16-15-12(7-13(10-4-5-10)20-17(15)27-21-16)18(23)22-8-11(26-3)6-14(22)19(24)25/h7,9-11,14H,4-6,8H2,1-3H3,(H,24,25). The molecule has 144 valence electrons. The van der Waals surface area contributed by atoms with Crippen molar-refractivity contribution >= 4 is 23.0 Å². The van der Waals surface area contributed by atoms with Gasteiger partial charge in [-0.3, -0.25) is 4.79 Å². The minimum absolute atomic E-state index is 0.0481. The zero-order valence-corrected chi connectivity index (χ0v) is 15.6. The Hall–Kier alpha value is -2.48. The van der Waals surface area contributed by atoms with Gasteiger partial charge in [-0.15, -0.1) is 0 Å². The number of amides is 1. The topological polar surface area (TPSA) is 106 Å². The van der Waals surface area contributed by atoms with Crippen molar-refractivity contribution in [2.24, 2.45) is 0 Å². The number of carbonyl (C=O) groups excluding carboxylic acids is 1. The van der Waals surface area contributed by atoms with Gasteiger partial charge >= 0.3 is 5.97 Å². The van der Waals surface area contributed by atoms with Crippen molar-refractivity contribution in [2.75, 3.05) is 13.7 Å². The Bertz CT molecular complexity index is 902. The predicted molar refractivity (Wildman–Crippen MR) is 95.7 cm³/mol. The molecule has 0 aromatic carbocycles. The highest BCUT2D eigenvalue weighted by Gasteiger charge is 2.41. The monoisotopic (exact) mass is 373 g/mol. The van der Waals surface area contributed by atoms with E-state index in [9.17, 15) is 14.7 Å². The van der Waals surface area contributed by atoms with Crippen LogP contribution in [0.15, 0.2) is 10.6 Å². The van der Waals surface area contributed by atoms with Gasteiger partial charge < -0.3 is 19.3 Å². The fourth-order valence-corrected chi connectivity index (χ4v) is 3.72. The Kier molecular flexibility index (Phi) is 4.38. The second-order valence-electron chi connectivity index (χ2n) is 7.68. The first-order valence-corrected chi connectivity index (χ1v) is 9.27. The Morgan fingerprint density at radius 2 is 2.11 bits per heavy atom. The highest BCUT2D eigenvalue weighted by atomic mass is 16.5. The number of hydrogen-bond donors (Lipinski definition) is 1. The molecule has 1 aliphatic heterocycles. The van der Waals surface area contributed by atoms with Gasteiger partial charge in [0, 0.05) is 31.7 Å². The number of methoxy groups -OCH3 is 1. The molecule has 0 spiro atoms. The molecule has 0 bridgehead atoms. The molecule has 4 rings (SSSR count). The smallest absolute Gasteiger partial charge is 0.326 e. The molecule has 27 heavy (non-hydrogen) atoms. The van der Waals surface area contributed by atoms with Gasteiger partial charge in [0.25, 0.3) is 11.6 Å². The molecule has 8 heteroatoms. The van der Waals surface area contributed by atoms with Gasteiger partial charge in [-0.1, -0.05) is 19.0 Å². The van der Waals surface area contributed by atoms with E-state index in [4.69, 9.17) is 9.26 Å². The second-order valence-corrected chi connectivity index (χ2v) is 7.68. The number of carboxylic acid groups (broad SMARTS) is 1. The van der Waals surface area contributed by atoms with Crippen LogP contribution in [0.5, 0.6) is 0 Å². The minimum Gasteiger partial charge on any atom is -0.480 e. The second kappa shape index (κ2) is 6.60. The molecule has 2 fully saturated rings. The van der Waals surface area contributed by atoms with Crippen LogP contribution in [0.2, 0.25) is 0 Å². The third-order valence-electron chi connectivity index (χ3n) is 5.41. The number of aromatic nitrogens is 2. The number of carbonyl (C=O) groups is 2. The molecule has 0 radical (unpaired) electrons. The van der Waals surface area contributed by atoms with Crippen molar-refractivity contribution in [3.8, 4) is 0 Å².